The molecule has 2 aromatic heterocycles. The fraction of sp³-hybridized carbons (Fsp3) is 0. The molecule has 104 valence electrons. The Bertz CT molecular complexity index is 821. The third-order valence-corrected chi connectivity index (χ3v) is 3.29. The van der Waals surface area contributed by atoms with Gasteiger partial charge in [0.1, 0.15) is 11.0 Å². The lowest BCUT2D eigenvalue weighted by Gasteiger charge is -1.91. The molecule has 2 nitrogen and oxygen atoms in total. The minimum atomic E-state index is -0.269. The van der Waals surface area contributed by atoms with Crippen molar-refractivity contribution in [1.29, 1.82) is 0 Å². The second-order valence-electron chi connectivity index (χ2n) is 4.52. The molecule has 2 heterocycles. The third-order valence-electron chi connectivity index (χ3n) is 3.08. The van der Waals surface area contributed by atoms with E-state index >= 15 is 0 Å². The molecule has 0 saturated heterocycles. The predicted molar refractivity (Wildman–Crippen MR) is 85.0 cm³/mol. The van der Waals surface area contributed by atoms with Gasteiger partial charge in [0.2, 0.25) is 0 Å². The van der Waals surface area contributed by atoms with E-state index in [1.165, 1.54) is 11.5 Å². The quantitative estimate of drug-likeness (QED) is 0.475. The lowest BCUT2D eigenvalue weighted by Crippen LogP contribution is -1.74. The van der Waals surface area contributed by atoms with E-state index < -0.39 is 0 Å². The summed E-state index contributed by atoms with van der Waals surface area (Å²) in [5, 5.41) is 2.46. The molecule has 0 radical (unpaired) electrons. The summed E-state index contributed by atoms with van der Waals surface area (Å²) in [7, 11) is 0. The molecule has 0 spiro atoms. The van der Waals surface area contributed by atoms with Crippen LogP contribution in [0.3, 0.4) is 0 Å². The zero-order valence-electron chi connectivity index (χ0n) is 11.1. The molecule has 0 atom stereocenters. The first-order valence-corrected chi connectivity index (χ1v) is 6.84. The SMILES string of the molecule is Fc1cccc2cc(Cl)[nH]c12.c1ccc2ncccc2c1. The number of nitrogens with zero attached hydrogens (tertiary/aromatic N) is 1. The number of hydrogen-bond acceptors (Lipinski definition) is 1. The fourth-order valence-corrected chi connectivity index (χ4v) is 2.31. The average molecular weight is 299 g/mol. The zero-order chi connectivity index (χ0) is 14.7. The summed E-state index contributed by atoms with van der Waals surface area (Å²) in [6.07, 6.45) is 1.81. The number of hydrogen-bond donors (Lipinski definition) is 1. The molecule has 0 fully saturated rings. The molecule has 4 heteroatoms. The van der Waals surface area contributed by atoms with Gasteiger partial charge in [0.15, 0.2) is 0 Å². The highest BCUT2D eigenvalue weighted by molar-refractivity contribution is 6.30. The van der Waals surface area contributed by atoms with Crippen LogP contribution in [-0.2, 0) is 0 Å². The number of nitrogens with one attached hydrogen (secondary N) is 1. The Hall–Kier alpha value is -2.39. The van der Waals surface area contributed by atoms with Crippen LogP contribution in [0.4, 0.5) is 4.39 Å². The average Bonchev–Trinajstić information content (AvgIpc) is 2.90. The summed E-state index contributed by atoms with van der Waals surface area (Å²) in [5.41, 5.74) is 1.53. The zero-order valence-corrected chi connectivity index (χ0v) is 11.8. The Morgan fingerprint density at radius 2 is 1.67 bits per heavy atom. The second-order valence-corrected chi connectivity index (χ2v) is 4.92. The minimum Gasteiger partial charge on any atom is -0.343 e. The van der Waals surface area contributed by atoms with E-state index in [4.69, 9.17) is 11.6 Å². The van der Waals surface area contributed by atoms with E-state index in [0.717, 1.165) is 10.9 Å². The lowest BCUT2D eigenvalue weighted by molar-refractivity contribution is 0.637. The Morgan fingerprint density at radius 1 is 0.905 bits per heavy atom. The number of halogens is 2. The van der Waals surface area contributed by atoms with Crippen LogP contribution in [0.25, 0.3) is 21.8 Å². The number of benzene rings is 2. The van der Waals surface area contributed by atoms with E-state index in [1.807, 2.05) is 30.5 Å². The van der Waals surface area contributed by atoms with E-state index in [2.05, 4.69) is 22.1 Å². The molecule has 0 aliphatic carbocycles. The van der Waals surface area contributed by atoms with E-state index in [9.17, 15) is 4.39 Å². The van der Waals surface area contributed by atoms with Gasteiger partial charge in [0.05, 0.1) is 11.0 Å². The first kappa shape index (κ1) is 13.6. The summed E-state index contributed by atoms with van der Waals surface area (Å²) < 4.78 is 12.9. The van der Waals surface area contributed by atoms with Crippen molar-refractivity contribution >= 4 is 33.4 Å². The van der Waals surface area contributed by atoms with Crippen molar-refractivity contribution < 1.29 is 4.39 Å². The third kappa shape index (κ3) is 3.03. The lowest BCUT2D eigenvalue weighted by atomic mass is 10.2. The van der Waals surface area contributed by atoms with E-state index in [-0.39, 0.29) is 5.82 Å². The maximum atomic E-state index is 12.9. The van der Waals surface area contributed by atoms with E-state index in [0.29, 0.717) is 10.7 Å². The normalized spacial score (nSPS) is 10.4. The molecule has 0 unspecified atom stereocenters. The highest BCUT2D eigenvalue weighted by Gasteiger charge is 2.01. The van der Waals surface area contributed by atoms with Gasteiger partial charge >= 0.3 is 0 Å². The minimum absolute atomic E-state index is 0.269. The Balaban J connectivity index is 0.000000126. The largest absolute Gasteiger partial charge is 0.343 e. The molecule has 4 rings (SSSR count). The summed E-state index contributed by atoms with van der Waals surface area (Å²) >= 11 is 5.63. The van der Waals surface area contributed by atoms with Gasteiger partial charge in [-0.15, -0.1) is 0 Å². The second kappa shape index (κ2) is 5.94. The van der Waals surface area contributed by atoms with Crippen molar-refractivity contribution in [3.8, 4) is 0 Å². The molecule has 1 N–H and O–H groups in total. The van der Waals surface area contributed by atoms with Crippen molar-refractivity contribution in [2.75, 3.05) is 0 Å². The number of fused-ring (bicyclic) bond motifs is 2. The standard InChI is InChI=1S/C9H7N.C8H5ClFN/c1-2-6-9-8(4-1)5-3-7-10-9;9-7-4-5-2-1-3-6(10)8(5)11-7/h1-7H;1-4,11H. The molecule has 0 saturated carbocycles. The molecule has 4 aromatic rings. The van der Waals surface area contributed by atoms with Gasteiger partial charge in [-0.25, -0.2) is 4.39 Å². The smallest absolute Gasteiger partial charge is 0.147 e. The van der Waals surface area contributed by atoms with Crippen LogP contribution in [0.15, 0.2) is 66.9 Å². The van der Waals surface area contributed by atoms with Gasteiger partial charge in [-0.3, -0.25) is 4.98 Å². The van der Waals surface area contributed by atoms with Crippen LogP contribution >= 0.6 is 11.6 Å². The monoisotopic (exact) mass is 298 g/mol. The Labute approximate surface area is 126 Å². The van der Waals surface area contributed by atoms with Crippen LogP contribution < -0.4 is 0 Å². The number of rotatable bonds is 0. The van der Waals surface area contributed by atoms with Crippen LogP contribution in [0.5, 0.6) is 0 Å². The summed E-state index contributed by atoms with van der Waals surface area (Å²) in [6.45, 7) is 0. The maximum absolute atomic E-state index is 12.9. The van der Waals surface area contributed by atoms with Crippen molar-refractivity contribution in [3.05, 3.63) is 77.8 Å². The van der Waals surface area contributed by atoms with Crippen molar-refractivity contribution in [2.45, 2.75) is 0 Å². The highest BCUT2D eigenvalue weighted by Crippen LogP contribution is 2.20. The predicted octanol–water partition coefficient (Wildman–Crippen LogP) is 5.20. The van der Waals surface area contributed by atoms with Crippen LogP contribution in [0, 0.1) is 5.82 Å². The number of aromatic nitrogens is 2. The topological polar surface area (TPSA) is 28.7 Å². The van der Waals surface area contributed by atoms with Crippen molar-refractivity contribution in [1.82, 2.24) is 9.97 Å². The molecular weight excluding hydrogens is 287 g/mol. The Morgan fingerprint density at radius 3 is 2.48 bits per heavy atom. The van der Waals surface area contributed by atoms with Gasteiger partial charge in [-0.2, -0.15) is 0 Å². The molecular formula is C17H12ClFN2. The van der Waals surface area contributed by atoms with Gasteiger partial charge in [0, 0.05) is 17.0 Å². The molecule has 2 aromatic carbocycles. The van der Waals surface area contributed by atoms with Crippen LogP contribution in [0.1, 0.15) is 0 Å². The number of para-hydroxylation sites is 2. The number of aromatic amines is 1. The summed E-state index contributed by atoms with van der Waals surface area (Å²) in [4.78, 5) is 6.90. The molecule has 0 amide bonds. The van der Waals surface area contributed by atoms with Crippen molar-refractivity contribution in [3.63, 3.8) is 0 Å². The van der Waals surface area contributed by atoms with Crippen LogP contribution in [0.2, 0.25) is 5.15 Å². The van der Waals surface area contributed by atoms with Gasteiger partial charge < -0.3 is 4.98 Å². The van der Waals surface area contributed by atoms with Gasteiger partial charge in [-0.1, -0.05) is 48.0 Å². The maximum Gasteiger partial charge on any atom is 0.147 e. The van der Waals surface area contributed by atoms with E-state index in [1.54, 1.807) is 18.2 Å². The molecule has 21 heavy (non-hydrogen) atoms. The Kier molecular flexibility index (Phi) is 3.84. The van der Waals surface area contributed by atoms with Crippen LogP contribution in [-0.4, -0.2) is 9.97 Å². The number of pyridine rings is 1. The van der Waals surface area contributed by atoms with Crippen molar-refractivity contribution in [2.24, 2.45) is 0 Å². The molecule has 0 aliphatic heterocycles. The summed E-state index contributed by atoms with van der Waals surface area (Å²) in [5.74, 6) is -0.269. The molecule has 0 aliphatic rings. The summed E-state index contributed by atoms with van der Waals surface area (Å²) in [6, 6.07) is 18.6. The number of H-pyrrole nitrogens is 1. The van der Waals surface area contributed by atoms with Gasteiger partial charge in [-0.05, 0) is 24.3 Å². The van der Waals surface area contributed by atoms with Gasteiger partial charge in [0.25, 0.3) is 0 Å². The highest BCUT2D eigenvalue weighted by atomic mass is 35.5. The first-order chi connectivity index (χ1) is 10.2. The molecule has 0 bridgehead atoms. The first-order valence-electron chi connectivity index (χ1n) is 6.46. The fourth-order valence-electron chi connectivity index (χ4n) is 2.10.